The zero-order valence-electron chi connectivity index (χ0n) is 16.0. The molecule has 1 unspecified atom stereocenters. The zero-order chi connectivity index (χ0) is 18.9. The van der Waals surface area contributed by atoms with E-state index in [0.717, 1.165) is 29.5 Å². The van der Waals surface area contributed by atoms with E-state index < -0.39 is 11.4 Å². The number of carbonyl (C=O) groups is 1. The van der Waals surface area contributed by atoms with Crippen molar-refractivity contribution >= 4 is 11.4 Å². The van der Waals surface area contributed by atoms with Crippen LogP contribution >= 0.6 is 0 Å². The lowest BCUT2D eigenvalue weighted by Crippen LogP contribution is -2.54. The summed E-state index contributed by atoms with van der Waals surface area (Å²) in [6.45, 7) is 10.4. The second kappa shape index (κ2) is 6.82. The lowest BCUT2D eigenvalue weighted by atomic mass is 9.77. The fourth-order valence-electron chi connectivity index (χ4n) is 3.81. The van der Waals surface area contributed by atoms with Gasteiger partial charge in [-0.15, -0.1) is 0 Å². The highest BCUT2D eigenvalue weighted by Crippen LogP contribution is 2.48. The summed E-state index contributed by atoms with van der Waals surface area (Å²) >= 11 is 0. The quantitative estimate of drug-likeness (QED) is 0.736. The molecule has 1 aliphatic rings. The van der Waals surface area contributed by atoms with Gasteiger partial charge in [0, 0.05) is 18.2 Å². The highest BCUT2D eigenvalue weighted by Gasteiger charge is 2.55. The van der Waals surface area contributed by atoms with Gasteiger partial charge in [0.05, 0.1) is 5.60 Å². The van der Waals surface area contributed by atoms with Crippen LogP contribution in [0.15, 0.2) is 55.1 Å². The van der Waals surface area contributed by atoms with Gasteiger partial charge in [-0.1, -0.05) is 74.5 Å². The first-order valence-corrected chi connectivity index (χ1v) is 9.10. The minimum atomic E-state index is -1.52. The van der Waals surface area contributed by atoms with E-state index in [4.69, 9.17) is 9.47 Å². The molecule has 0 N–H and O–H groups in total. The third-order valence-corrected chi connectivity index (χ3v) is 5.53. The fraction of sp³-hybridized carbons (Fsp3) is 0.348. The molecule has 0 aliphatic carbocycles. The Hall–Kier alpha value is -2.23. The van der Waals surface area contributed by atoms with Crippen molar-refractivity contribution in [2.24, 2.45) is 0 Å². The number of rotatable bonds is 5. The summed E-state index contributed by atoms with van der Waals surface area (Å²) in [5.41, 5.74) is 3.51. The van der Waals surface area contributed by atoms with Crippen molar-refractivity contribution in [3.05, 3.63) is 77.4 Å². The number of ether oxygens (including phenoxy) is 2. The van der Waals surface area contributed by atoms with Crippen LogP contribution < -0.4 is 0 Å². The van der Waals surface area contributed by atoms with Crippen molar-refractivity contribution in [2.45, 2.75) is 45.0 Å². The Bertz CT molecular complexity index is 831. The third-order valence-electron chi connectivity index (χ3n) is 5.53. The standard InChI is InChI=1S/C23H26O3/c1-6-22(7-2)20-11-9-8-10-19(20)21(24)23(25-5,26-22)17(4)18-14-12-16(3)13-15-18/h8-15H,4,6-7H2,1-3,5H3. The molecule has 0 saturated carbocycles. The van der Waals surface area contributed by atoms with Crippen LogP contribution in [-0.4, -0.2) is 18.7 Å². The summed E-state index contributed by atoms with van der Waals surface area (Å²) in [4.78, 5) is 13.5. The van der Waals surface area contributed by atoms with Crippen molar-refractivity contribution in [2.75, 3.05) is 7.11 Å². The number of methoxy groups -OCH3 is 1. The van der Waals surface area contributed by atoms with Crippen LogP contribution in [0.5, 0.6) is 0 Å². The summed E-state index contributed by atoms with van der Waals surface area (Å²) in [6, 6.07) is 15.6. The van der Waals surface area contributed by atoms with Gasteiger partial charge >= 0.3 is 0 Å². The maximum atomic E-state index is 13.5. The normalized spacial score (nSPS) is 21.3. The van der Waals surface area contributed by atoms with Crippen molar-refractivity contribution in [1.82, 2.24) is 0 Å². The summed E-state index contributed by atoms with van der Waals surface area (Å²) in [6.07, 6.45) is 1.47. The Morgan fingerprint density at radius 3 is 2.27 bits per heavy atom. The van der Waals surface area contributed by atoms with Crippen LogP contribution in [0.3, 0.4) is 0 Å². The number of Topliss-reactive ketones (excluding diaryl/α,β-unsaturated/α-hetero) is 1. The molecule has 1 aliphatic heterocycles. The van der Waals surface area contributed by atoms with E-state index in [-0.39, 0.29) is 5.78 Å². The Labute approximate surface area is 155 Å². The molecule has 3 rings (SSSR count). The number of carbonyl (C=O) groups excluding carboxylic acids is 1. The molecule has 2 aromatic carbocycles. The maximum Gasteiger partial charge on any atom is 0.261 e. The van der Waals surface area contributed by atoms with Crippen LogP contribution in [0.2, 0.25) is 0 Å². The van der Waals surface area contributed by atoms with E-state index in [1.165, 1.54) is 7.11 Å². The molecule has 3 heteroatoms. The van der Waals surface area contributed by atoms with Gasteiger partial charge in [-0.2, -0.15) is 0 Å². The van der Waals surface area contributed by atoms with E-state index >= 15 is 0 Å². The van der Waals surface area contributed by atoms with Gasteiger partial charge < -0.3 is 9.47 Å². The van der Waals surface area contributed by atoms with Gasteiger partial charge in [0.2, 0.25) is 5.78 Å². The van der Waals surface area contributed by atoms with E-state index in [1.54, 1.807) is 0 Å². The minimum absolute atomic E-state index is 0.196. The lowest BCUT2D eigenvalue weighted by molar-refractivity contribution is -0.228. The summed E-state index contributed by atoms with van der Waals surface area (Å²) in [5, 5.41) is 0. The molecule has 136 valence electrons. The highest BCUT2D eigenvalue weighted by atomic mass is 16.7. The molecule has 0 radical (unpaired) electrons. The summed E-state index contributed by atoms with van der Waals surface area (Å²) in [5.74, 6) is -1.71. The van der Waals surface area contributed by atoms with Crippen LogP contribution in [0, 0.1) is 6.92 Å². The first kappa shape index (κ1) is 18.6. The van der Waals surface area contributed by atoms with Crippen molar-refractivity contribution in [3.8, 4) is 0 Å². The second-order valence-electron chi connectivity index (χ2n) is 6.84. The predicted octanol–water partition coefficient (Wildman–Crippen LogP) is 5.28. The van der Waals surface area contributed by atoms with Crippen molar-refractivity contribution in [1.29, 1.82) is 0 Å². The molecular weight excluding hydrogens is 324 g/mol. The predicted molar refractivity (Wildman–Crippen MR) is 104 cm³/mol. The first-order chi connectivity index (χ1) is 12.4. The van der Waals surface area contributed by atoms with Crippen molar-refractivity contribution in [3.63, 3.8) is 0 Å². The topological polar surface area (TPSA) is 35.5 Å². The lowest BCUT2D eigenvalue weighted by Gasteiger charge is -2.47. The highest BCUT2D eigenvalue weighted by molar-refractivity contribution is 6.11. The van der Waals surface area contributed by atoms with Gasteiger partial charge in [0.1, 0.15) is 0 Å². The molecule has 0 bridgehead atoms. The Balaban J connectivity index is 2.20. The molecule has 0 amide bonds. The van der Waals surface area contributed by atoms with Gasteiger partial charge in [0.25, 0.3) is 5.79 Å². The molecule has 0 fully saturated rings. The maximum absolute atomic E-state index is 13.5. The number of fused-ring (bicyclic) bond motifs is 1. The molecule has 0 spiro atoms. The van der Waals surface area contributed by atoms with E-state index in [1.807, 2.05) is 55.5 Å². The van der Waals surface area contributed by atoms with Gasteiger partial charge in [-0.05, 0) is 30.9 Å². The number of hydrogen-bond acceptors (Lipinski definition) is 3. The fourth-order valence-corrected chi connectivity index (χ4v) is 3.81. The zero-order valence-corrected chi connectivity index (χ0v) is 16.0. The Morgan fingerprint density at radius 1 is 1.08 bits per heavy atom. The molecule has 0 aromatic heterocycles. The van der Waals surface area contributed by atoms with Gasteiger partial charge in [0.15, 0.2) is 0 Å². The number of ketones is 1. The Morgan fingerprint density at radius 2 is 1.69 bits per heavy atom. The molecule has 26 heavy (non-hydrogen) atoms. The Kier molecular flexibility index (Phi) is 4.87. The SMILES string of the molecule is C=C(c1ccc(C)cc1)C1(OC)OC(CC)(CC)c2ccccc2C1=O. The molecule has 0 saturated heterocycles. The van der Waals surface area contributed by atoms with Gasteiger partial charge in [-0.25, -0.2) is 0 Å². The van der Waals surface area contributed by atoms with Crippen LogP contribution in [0.4, 0.5) is 0 Å². The average Bonchev–Trinajstić information content (AvgIpc) is 2.69. The second-order valence-corrected chi connectivity index (χ2v) is 6.84. The van der Waals surface area contributed by atoms with E-state index in [9.17, 15) is 4.79 Å². The molecule has 1 heterocycles. The van der Waals surface area contributed by atoms with Crippen LogP contribution in [0.25, 0.3) is 5.57 Å². The number of benzene rings is 2. The van der Waals surface area contributed by atoms with Crippen LogP contribution in [-0.2, 0) is 15.1 Å². The third kappa shape index (κ3) is 2.63. The minimum Gasteiger partial charge on any atom is -0.343 e. The molecule has 3 nitrogen and oxygen atoms in total. The summed E-state index contributed by atoms with van der Waals surface area (Å²) in [7, 11) is 1.52. The average molecular weight is 350 g/mol. The molecule has 1 atom stereocenters. The molecule has 2 aromatic rings. The summed E-state index contributed by atoms with van der Waals surface area (Å²) < 4.78 is 12.3. The van der Waals surface area contributed by atoms with Crippen molar-refractivity contribution < 1.29 is 14.3 Å². The van der Waals surface area contributed by atoms with Gasteiger partial charge in [-0.3, -0.25) is 4.79 Å². The number of aryl methyl sites for hydroxylation is 1. The van der Waals surface area contributed by atoms with E-state index in [0.29, 0.717) is 11.1 Å². The largest absolute Gasteiger partial charge is 0.343 e. The number of hydrogen-bond donors (Lipinski definition) is 0. The van der Waals surface area contributed by atoms with E-state index in [2.05, 4.69) is 20.4 Å². The first-order valence-electron chi connectivity index (χ1n) is 9.10. The smallest absolute Gasteiger partial charge is 0.261 e. The van der Waals surface area contributed by atoms with Crippen LogP contribution in [0.1, 0.15) is 53.7 Å². The monoisotopic (exact) mass is 350 g/mol. The molecular formula is C23H26O3.